The van der Waals surface area contributed by atoms with E-state index in [0.29, 0.717) is 13.0 Å². The fourth-order valence-corrected chi connectivity index (χ4v) is 1.81. The molecule has 2 nitrogen and oxygen atoms in total. The van der Waals surface area contributed by atoms with Gasteiger partial charge in [-0.2, -0.15) is 5.26 Å². The van der Waals surface area contributed by atoms with Gasteiger partial charge in [-0.15, -0.1) is 0 Å². The second kappa shape index (κ2) is 6.11. The maximum absolute atomic E-state index is 13.6. The monoisotopic (exact) mass is 276 g/mol. The second-order valence-corrected chi connectivity index (χ2v) is 4.21. The van der Waals surface area contributed by atoms with Gasteiger partial charge < -0.3 is 5.32 Å². The average Bonchev–Trinajstić information content (AvgIpc) is 2.44. The van der Waals surface area contributed by atoms with E-state index < -0.39 is 11.6 Å². The van der Waals surface area contributed by atoms with Crippen molar-refractivity contribution < 1.29 is 13.2 Å². The molecule has 5 heteroatoms. The zero-order valence-electron chi connectivity index (χ0n) is 10.5. The normalized spacial score (nSPS) is 10.1. The number of hydrogen-bond acceptors (Lipinski definition) is 2. The maximum Gasteiger partial charge on any atom is 0.183 e. The van der Waals surface area contributed by atoms with Crippen molar-refractivity contribution in [3.63, 3.8) is 0 Å². The van der Waals surface area contributed by atoms with Crippen LogP contribution in [0.2, 0.25) is 0 Å². The summed E-state index contributed by atoms with van der Waals surface area (Å²) in [6, 6.07) is 10.2. The summed E-state index contributed by atoms with van der Waals surface area (Å²) in [7, 11) is 0. The van der Waals surface area contributed by atoms with Crippen molar-refractivity contribution in [3.8, 4) is 6.07 Å². The summed E-state index contributed by atoms with van der Waals surface area (Å²) >= 11 is 0. The van der Waals surface area contributed by atoms with E-state index in [1.165, 1.54) is 24.3 Å². The summed E-state index contributed by atoms with van der Waals surface area (Å²) in [5.41, 5.74) is 0.406. The van der Waals surface area contributed by atoms with Crippen LogP contribution in [0, 0.1) is 28.8 Å². The molecule has 0 bridgehead atoms. The third-order valence-corrected chi connectivity index (χ3v) is 2.82. The molecule has 0 saturated carbocycles. The number of nitrogens with one attached hydrogen (secondary N) is 1. The molecule has 0 amide bonds. The van der Waals surface area contributed by atoms with Gasteiger partial charge >= 0.3 is 0 Å². The molecule has 20 heavy (non-hydrogen) atoms. The Hall–Kier alpha value is -2.48. The Morgan fingerprint density at radius 2 is 1.85 bits per heavy atom. The molecule has 2 aromatic carbocycles. The Kier molecular flexibility index (Phi) is 4.26. The van der Waals surface area contributed by atoms with Crippen molar-refractivity contribution >= 4 is 5.69 Å². The van der Waals surface area contributed by atoms with Gasteiger partial charge in [0.1, 0.15) is 11.9 Å². The SMILES string of the molecule is N#Cc1ccc(NCCc2cccc(F)c2)c(F)c1F. The van der Waals surface area contributed by atoms with Crippen LogP contribution in [0.5, 0.6) is 0 Å². The number of nitriles is 1. The van der Waals surface area contributed by atoms with Crippen LogP contribution in [0.4, 0.5) is 18.9 Å². The lowest BCUT2D eigenvalue weighted by atomic mass is 10.1. The van der Waals surface area contributed by atoms with Crippen molar-refractivity contribution in [2.24, 2.45) is 0 Å². The smallest absolute Gasteiger partial charge is 0.183 e. The standard InChI is InChI=1S/C15H11F3N2/c16-12-3-1-2-10(8-12)6-7-20-13-5-4-11(9-19)14(17)15(13)18/h1-5,8,20H,6-7H2. The van der Waals surface area contributed by atoms with Gasteiger partial charge in [-0.05, 0) is 36.2 Å². The van der Waals surface area contributed by atoms with Crippen molar-refractivity contribution in [1.82, 2.24) is 0 Å². The van der Waals surface area contributed by atoms with E-state index >= 15 is 0 Å². The zero-order valence-corrected chi connectivity index (χ0v) is 10.5. The predicted molar refractivity (Wildman–Crippen MR) is 69.7 cm³/mol. The summed E-state index contributed by atoms with van der Waals surface area (Å²) in [6.45, 7) is 0.325. The molecular weight excluding hydrogens is 265 g/mol. The largest absolute Gasteiger partial charge is 0.382 e. The molecule has 0 fully saturated rings. The lowest BCUT2D eigenvalue weighted by molar-refractivity contribution is 0.508. The van der Waals surface area contributed by atoms with E-state index in [2.05, 4.69) is 5.32 Å². The minimum Gasteiger partial charge on any atom is -0.382 e. The molecule has 0 aliphatic carbocycles. The highest BCUT2D eigenvalue weighted by Crippen LogP contribution is 2.20. The number of benzene rings is 2. The highest BCUT2D eigenvalue weighted by Gasteiger charge is 2.12. The Bertz CT molecular complexity index is 663. The molecule has 0 unspecified atom stereocenters. The molecule has 0 aromatic heterocycles. The topological polar surface area (TPSA) is 35.8 Å². The zero-order chi connectivity index (χ0) is 14.5. The fraction of sp³-hybridized carbons (Fsp3) is 0.133. The van der Waals surface area contributed by atoms with E-state index in [1.54, 1.807) is 18.2 Å². The van der Waals surface area contributed by atoms with E-state index in [4.69, 9.17) is 5.26 Å². The van der Waals surface area contributed by atoms with Crippen LogP contribution in [0.1, 0.15) is 11.1 Å². The van der Waals surface area contributed by atoms with Crippen LogP contribution in [0.3, 0.4) is 0 Å². The van der Waals surface area contributed by atoms with Crippen LogP contribution >= 0.6 is 0 Å². The van der Waals surface area contributed by atoms with Gasteiger partial charge in [-0.3, -0.25) is 0 Å². The molecule has 0 aliphatic heterocycles. The Morgan fingerprint density at radius 3 is 2.55 bits per heavy atom. The van der Waals surface area contributed by atoms with Crippen LogP contribution in [0.25, 0.3) is 0 Å². The molecule has 0 spiro atoms. The van der Waals surface area contributed by atoms with Crippen LogP contribution in [-0.2, 0) is 6.42 Å². The lowest BCUT2D eigenvalue weighted by Gasteiger charge is -2.08. The molecule has 2 aromatic rings. The first kappa shape index (κ1) is 13.9. The first-order chi connectivity index (χ1) is 9.61. The average molecular weight is 276 g/mol. The molecule has 0 aliphatic rings. The Labute approximate surface area is 114 Å². The summed E-state index contributed by atoms with van der Waals surface area (Å²) in [4.78, 5) is 0. The summed E-state index contributed by atoms with van der Waals surface area (Å²) < 4.78 is 39.9. The van der Waals surface area contributed by atoms with Gasteiger partial charge in [0, 0.05) is 6.54 Å². The van der Waals surface area contributed by atoms with E-state index in [0.717, 1.165) is 5.56 Å². The molecule has 0 saturated heterocycles. The van der Waals surface area contributed by atoms with Crippen molar-refractivity contribution in [2.75, 3.05) is 11.9 Å². The maximum atomic E-state index is 13.6. The molecule has 102 valence electrons. The van der Waals surface area contributed by atoms with Crippen molar-refractivity contribution in [1.29, 1.82) is 5.26 Å². The number of nitrogens with zero attached hydrogens (tertiary/aromatic N) is 1. The molecule has 2 rings (SSSR count). The highest BCUT2D eigenvalue weighted by molar-refractivity contribution is 5.49. The van der Waals surface area contributed by atoms with E-state index in [9.17, 15) is 13.2 Å². The Morgan fingerprint density at radius 1 is 1.05 bits per heavy atom. The number of rotatable bonds is 4. The first-order valence-electron chi connectivity index (χ1n) is 5.98. The van der Waals surface area contributed by atoms with Gasteiger partial charge in [0.25, 0.3) is 0 Å². The van der Waals surface area contributed by atoms with Crippen LogP contribution in [0.15, 0.2) is 36.4 Å². The molecule has 0 atom stereocenters. The number of hydrogen-bond donors (Lipinski definition) is 1. The third-order valence-electron chi connectivity index (χ3n) is 2.82. The van der Waals surface area contributed by atoms with E-state index in [1.807, 2.05) is 0 Å². The molecule has 0 radical (unpaired) electrons. The third kappa shape index (κ3) is 3.09. The summed E-state index contributed by atoms with van der Waals surface area (Å²) in [5.74, 6) is -2.58. The molecular formula is C15H11F3N2. The first-order valence-corrected chi connectivity index (χ1v) is 5.98. The van der Waals surface area contributed by atoms with Crippen molar-refractivity contribution in [2.45, 2.75) is 6.42 Å². The van der Waals surface area contributed by atoms with Gasteiger partial charge in [-0.25, -0.2) is 13.2 Å². The number of halogens is 3. The minimum absolute atomic E-state index is 0.0158. The highest BCUT2D eigenvalue weighted by atomic mass is 19.2. The summed E-state index contributed by atoms with van der Waals surface area (Å²) in [6.07, 6.45) is 0.471. The van der Waals surface area contributed by atoms with Crippen LogP contribution in [-0.4, -0.2) is 6.54 Å². The quantitative estimate of drug-likeness (QED) is 0.925. The fourth-order valence-electron chi connectivity index (χ4n) is 1.81. The lowest BCUT2D eigenvalue weighted by Crippen LogP contribution is -2.08. The predicted octanol–water partition coefficient (Wildman–Crippen LogP) is 3.63. The summed E-state index contributed by atoms with van der Waals surface area (Å²) in [5, 5.41) is 11.3. The van der Waals surface area contributed by atoms with Crippen molar-refractivity contribution in [3.05, 3.63) is 65.0 Å². The second-order valence-electron chi connectivity index (χ2n) is 4.21. The van der Waals surface area contributed by atoms with Gasteiger partial charge in [0.05, 0.1) is 11.3 Å². The van der Waals surface area contributed by atoms with E-state index in [-0.39, 0.29) is 17.1 Å². The Balaban J connectivity index is 2.02. The van der Waals surface area contributed by atoms with Gasteiger partial charge in [0.15, 0.2) is 11.6 Å². The molecule has 1 N–H and O–H groups in total. The van der Waals surface area contributed by atoms with Crippen LogP contribution < -0.4 is 5.32 Å². The molecule has 0 heterocycles. The number of anilines is 1. The van der Waals surface area contributed by atoms with Gasteiger partial charge in [0.2, 0.25) is 0 Å². The van der Waals surface area contributed by atoms with Gasteiger partial charge in [-0.1, -0.05) is 12.1 Å². The minimum atomic E-state index is -1.16.